The summed E-state index contributed by atoms with van der Waals surface area (Å²) >= 11 is 0. The van der Waals surface area contributed by atoms with Crippen molar-refractivity contribution < 1.29 is 23.7 Å². The summed E-state index contributed by atoms with van der Waals surface area (Å²) in [5.74, 6) is 0.711. The lowest BCUT2D eigenvalue weighted by atomic mass is 10.0. The minimum atomic E-state index is -0.801. The van der Waals surface area contributed by atoms with E-state index in [1.165, 1.54) is 39.6 Å². The molecule has 0 aliphatic heterocycles. The Labute approximate surface area is 228 Å². The number of nitrogens with zero attached hydrogens (tertiary/aromatic N) is 4. The third-order valence-electron chi connectivity index (χ3n) is 5.59. The molecule has 0 radical (unpaired) electrons. The van der Waals surface area contributed by atoms with Gasteiger partial charge in [-0.3, -0.25) is 15.2 Å². The quantitative estimate of drug-likeness (QED) is 0.0929. The third kappa shape index (κ3) is 5.85. The van der Waals surface area contributed by atoms with E-state index in [0.717, 1.165) is 4.68 Å². The van der Waals surface area contributed by atoms with Crippen LogP contribution in [-0.2, 0) is 4.79 Å². The Balaban J connectivity index is 1.88. The third-order valence-corrected chi connectivity index (χ3v) is 5.59. The van der Waals surface area contributed by atoms with Gasteiger partial charge in [0.15, 0.2) is 17.3 Å². The summed E-state index contributed by atoms with van der Waals surface area (Å²) in [5.41, 5.74) is 6.39. The summed E-state index contributed by atoms with van der Waals surface area (Å²) in [4.78, 5) is 35.6. The van der Waals surface area contributed by atoms with Gasteiger partial charge in [0.05, 0.1) is 26.4 Å². The van der Waals surface area contributed by atoms with E-state index in [4.69, 9.17) is 30.1 Å². The molecule has 14 heteroatoms. The number of methoxy groups -OCH3 is 2. The van der Waals surface area contributed by atoms with Crippen LogP contribution in [0.5, 0.6) is 23.0 Å². The Morgan fingerprint density at radius 2 is 1.85 bits per heavy atom. The van der Waals surface area contributed by atoms with Crippen LogP contribution in [0, 0.1) is 5.41 Å². The number of benzene rings is 2. The number of aromatic nitrogens is 5. The van der Waals surface area contributed by atoms with Gasteiger partial charge in [-0.15, -0.1) is 9.78 Å². The van der Waals surface area contributed by atoms with Gasteiger partial charge in [0.2, 0.25) is 5.75 Å². The molecule has 2 aromatic carbocycles. The number of carbonyl (C=O) groups is 1. The van der Waals surface area contributed by atoms with Crippen molar-refractivity contribution in [3.05, 3.63) is 76.2 Å². The Kier molecular flexibility index (Phi) is 8.27. The molecule has 0 amide bonds. The van der Waals surface area contributed by atoms with Crippen molar-refractivity contribution in [3.8, 4) is 28.9 Å². The molecule has 40 heavy (non-hydrogen) atoms. The fraction of sp³-hybridized carbons (Fsp3) is 0.231. The van der Waals surface area contributed by atoms with E-state index in [-0.39, 0.29) is 28.9 Å². The Morgan fingerprint density at radius 1 is 1.12 bits per heavy atom. The van der Waals surface area contributed by atoms with Crippen LogP contribution in [-0.4, -0.2) is 57.4 Å². The molecule has 2 heterocycles. The molecule has 4 aromatic rings. The predicted molar refractivity (Wildman–Crippen MR) is 145 cm³/mol. The van der Waals surface area contributed by atoms with Gasteiger partial charge < -0.3 is 30.0 Å². The van der Waals surface area contributed by atoms with Crippen molar-refractivity contribution in [2.75, 3.05) is 26.1 Å². The lowest BCUT2D eigenvalue weighted by Crippen LogP contribution is -2.18. The number of anilines is 1. The first-order valence-electron chi connectivity index (χ1n) is 12.0. The van der Waals surface area contributed by atoms with Gasteiger partial charge in [-0.2, -0.15) is 0 Å². The maximum atomic E-state index is 12.9. The second-order valence-electron chi connectivity index (χ2n) is 8.26. The first kappa shape index (κ1) is 27.6. The zero-order chi connectivity index (χ0) is 28.8. The number of hydrogen-bond acceptors (Lipinski definition) is 11. The molecule has 0 spiro atoms. The van der Waals surface area contributed by atoms with E-state index in [1.807, 2.05) is 6.92 Å². The first-order chi connectivity index (χ1) is 19.2. The fourth-order valence-corrected chi connectivity index (χ4v) is 3.94. The van der Waals surface area contributed by atoms with Crippen molar-refractivity contribution in [2.24, 2.45) is 5.73 Å². The Bertz CT molecular complexity index is 1580. The molecule has 1 atom stereocenters. The largest absolute Gasteiger partial charge is 0.493 e. The number of carbonyl (C=O) groups excluding carboxylic acids is 1. The minimum absolute atomic E-state index is 0.0824. The molecule has 208 valence electrons. The van der Waals surface area contributed by atoms with Crippen LogP contribution < -0.4 is 35.7 Å². The molecule has 2 aromatic heterocycles. The molecule has 0 aliphatic carbocycles. The number of hydrogen-bond donors (Lipinski definition) is 4. The number of rotatable bonds is 11. The molecule has 1 unspecified atom stereocenters. The number of aromatic amines is 1. The van der Waals surface area contributed by atoms with Crippen LogP contribution in [0.25, 0.3) is 5.95 Å². The van der Waals surface area contributed by atoms with E-state index >= 15 is 0 Å². The van der Waals surface area contributed by atoms with Gasteiger partial charge in [-0.25, -0.2) is 14.8 Å². The predicted octanol–water partition coefficient (Wildman–Crippen LogP) is 2.18. The zero-order valence-electron chi connectivity index (χ0n) is 22.2. The average molecular weight is 549 g/mol. The van der Waals surface area contributed by atoms with Crippen molar-refractivity contribution >= 4 is 17.5 Å². The van der Waals surface area contributed by atoms with Crippen LogP contribution >= 0.6 is 0 Å². The molecule has 4 rings (SSSR count). The summed E-state index contributed by atoms with van der Waals surface area (Å²) in [7, 11) is 3.00. The SMILES string of the molecule is CCOc1cc(C(Nc2ccc(C(=N)N)c(OC(C)=O)c2)c2nn(-c3ncccn3)c(=O)[nH]2)cc(OC)c1OC. The standard InChI is InChI=1S/C26H28N8O6/c1-5-39-20-12-15(11-19(37-3)22(20)38-4)21(24-32-26(36)34(33-24)25-29-9-6-10-30-25)31-16-7-8-17(23(27)28)18(13-16)40-14(2)35/h6-13,21,31H,5H2,1-4H3,(H3,27,28)(H,32,33,36). The second kappa shape index (κ2) is 12.0. The molecule has 14 nitrogen and oxygen atoms in total. The number of amidine groups is 1. The molecule has 0 aliphatic rings. The van der Waals surface area contributed by atoms with E-state index in [9.17, 15) is 9.59 Å². The molecule has 0 bridgehead atoms. The van der Waals surface area contributed by atoms with Crippen molar-refractivity contribution in [1.82, 2.24) is 24.7 Å². The lowest BCUT2D eigenvalue weighted by Gasteiger charge is -2.22. The summed E-state index contributed by atoms with van der Waals surface area (Å²) in [6.45, 7) is 3.44. The van der Waals surface area contributed by atoms with Gasteiger partial charge in [0.1, 0.15) is 17.6 Å². The highest BCUT2D eigenvalue weighted by atomic mass is 16.5. The lowest BCUT2D eigenvalue weighted by molar-refractivity contribution is -0.131. The fourth-order valence-electron chi connectivity index (χ4n) is 3.94. The Hall–Kier alpha value is -5.40. The summed E-state index contributed by atoms with van der Waals surface area (Å²) < 4.78 is 23.2. The molecule has 0 fully saturated rings. The summed E-state index contributed by atoms with van der Waals surface area (Å²) in [6.07, 6.45) is 2.99. The number of nitrogens with one attached hydrogen (secondary N) is 3. The minimum Gasteiger partial charge on any atom is -0.493 e. The average Bonchev–Trinajstić information content (AvgIpc) is 3.32. The van der Waals surface area contributed by atoms with E-state index < -0.39 is 17.7 Å². The molecule has 0 saturated heterocycles. The normalized spacial score (nSPS) is 11.4. The van der Waals surface area contributed by atoms with Crippen molar-refractivity contribution in [1.29, 1.82) is 5.41 Å². The number of nitrogens with two attached hydrogens (primary N) is 1. The number of nitrogen functional groups attached to an aromatic ring is 1. The van der Waals surface area contributed by atoms with Crippen LogP contribution in [0.4, 0.5) is 5.69 Å². The maximum Gasteiger partial charge on any atom is 0.350 e. The number of ether oxygens (including phenoxy) is 4. The van der Waals surface area contributed by atoms with E-state index in [0.29, 0.717) is 35.1 Å². The first-order valence-corrected chi connectivity index (χ1v) is 12.0. The highest BCUT2D eigenvalue weighted by Crippen LogP contribution is 2.41. The molecule has 0 saturated carbocycles. The smallest absolute Gasteiger partial charge is 0.350 e. The zero-order valence-corrected chi connectivity index (χ0v) is 22.2. The Morgan fingerprint density at radius 3 is 2.48 bits per heavy atom. The molecular weight excluding hydrogens is 520 g/mol. The van der Waals surface area contributed by atoms with Crippen molar-refractivity contribution in [2.45, 2.75) is 19.9 Å². The molecular formula is C26H28N8O6. The highest BCUT2D eigenvalue weighted by molar-refractivity contribution is 5.98. The van der Waals surface area contributed by atoms with Crippen molar-refractivity contribution in [3.63, 3.8) is 0 Å². The van der Waals surface area contributed by atoms with Crippen LogP contribution in [0.2, 0.25) is 0 Å². The van der Waals surface area contributed by atoms with Gasteiger partial charge in [0, 0.05) is 31.1 Å². The highest BCUT2D eigenvalue weighted by Gasteiger charge is 2.25. The van der Waals surface area contributed by atoms with Crippen LogP contribution in [0.15, 0.2) is 53.6 Å². The van der Waals surface area contributed by atoms with Gasteiger partial charge in [-0.1, -0.05) is 0 Å². The topological polar surface area (TPSA) is 192 Å². The maximum absolute atomic E-state index is 12.9. The second-order valence-corrected chi connectivity index (χ2v) is 8.26. The van der Waals surface area contributed by atoms with E-state index in [2.05, 4.69) is 25.4 Å². The van der Waals surface area contributed by atoms with Gasteiger partial charge in [0.25, 0.3) is 5.95 Å². The van der Waals surface area contributed by atoms with E-state index in [1.54, 1.807) is 30.3 Å². The van der Waals surface area contributed by atoms with Crippen LogP contribution in [0.1, 0.15) is 36.8 Å². The van der Waals surface area contributed by atoms with Gasteiger partial charge in [-0.05, 0) is 42.8 Å². The molecule has 5 N–H and O–H groups in total. The monoisotopic (exact) mass is 548 g/mol. The summed E-state index contributed by atoms with van der Waals surface area (Å²) in [6, 6.07) is 8.98. The summed E-state index contributed by atoms with van der Waals surface area (Å²) in [5, 5.41) is 15.6. The number of esters is 1. The number of H-pyrrole nitrogens is 1. The van der Waals surface area contributed by atoms with Crippen LogP contribution in [0.3, 0.4) is 0 Å². The van der Waals surface area contributed by atoms with Gasteiger partial charge >= 0.3 is 11.7 Å².